The minimum atomic E-state index is -4.35. The number of carbonyl (C=O) groups is 1. The van der Waals surface area contributed by atoms with E-state index in [-0.39, 0.29) is 12.5 Å². The molecule has 1 aliphatic rings. The summed E-state index contributed by atoms with van der Waals surface area (Å²) >= 11 is 1.86. The van der Waals surface area contributed by atoms with Crippen molar-refractivity contribution in [1.29, 1.82) is 0 Å². The number of halogens is 3. The van der Waals surface area contributed by atoms with Gasteiger partial charge in [0.1, 0.15) is 0 Å². The largest absolute Gasteiger partial charge is 0.416 e. The molecule has 1 aromatic carbocycles. The number of nitrogens with zero attached hydrogens (tertiary/aromatic N) is 2. The number of rotatable bonds is 4. The lowest BCUT2D eigenvalue weighted by Crippen LogP contribution is -2.40. The Labute approximate surface area is 130 Å². The van der Waals surface area contributed by atoms with Gasteiger partial charge in [-0.3, -0.25) is 9.69 Å². The summed E-state index contributed by atoms with van der Waals surface area (Å²) in [6.45, 7) is 2.03. The zero-order valence-electron chi connectivity index (χ0n) is 11.8. The average molecular weight is 331 g/mol. The number of carbonyl (C=O) groups excluding carboxylic acids is 1. The molecular formula is C14H16F3N3OS. The van der Waals surface area contributed by atoms with Crippen LogP contribution in [0.5, 0.6) is 0 Å². The third-order valence-electron chi connectivity index (χ3n) is 3.11. The van der Waals surface area contributed by atoms with E-state index in [1.807, 2.05) is 16.7 Å². The van der Waals surface area contributed by atoms with E-state index in [9.17, 15) is 18.0 Å². The fourth-order valence-electron chi connectivity index (χ4n) is 1.93. The summed E-state index contributed by atoms with van der Waals surface area (Å²) in [4.78, 5) is 13.7. The quantitative estimate of drug-likeness (QED) is 0.680. The van der Waals surface area contributed by atoms with Gasteiger partial charge in [-0.25, -0.2) is 5.43 Å². The van der Waals surface area contributed by atoms with E-state index in [1.165, 1.54) is 18.3 Å². The van der Waals surface area contributed by atoms with E-state index in [0.29, 0.717) is 5.56 Å². The lowest BCUT2D eigenvalue weighted by Gasteiger charge is -2.24. The molecule has 0 aliphatic carbocycles. The van der Waals surface area contributed by atoms with Gasteiger partial charge in [0.2, 0.25) is 0 Å². The minimum Gasteiger partial charge on any atom is -0.293 e. The van der Waals surface area contributed by atoms with Crippen LogP contribution in [-0.2, 0) is 11.0 Å². The number of nitrogens with one attached hydrogen (secondary N) is 1. The molecule has 120 valence electrons. The van der Waals surface area contributed by atoms with Crippen LogP contribution in [0.4, 0.5) is 13.2 Å². The smallest absolute Gasteiger partial charge is 0.293 e. The molecule has 4 nitrogen and oxygen atoms in total. The molecule has 1 aliphatic heterocycles. The first-order valence-corrected chi connectivity index (χ1v) is 7.90. The van der Waals surface area contributed by atoms with Crippen LogP contribution in [-0.4, -0.2) is 48.2 Å². The molecule has 8 heteroatoms. The number of hydrazone groups is 1. The van der Waals surface area contributed by atoms with E-state index in [4.69, 9.17) is 0 Å². The summed E-state index contributed by atoms with van der Waals surface area (Å²) in [5.41, 5.74) is 2.16. The zero-order valence-corrected chi connectivity index (χ0v) is 12.6. The van der Waals surface area contributed by atoms with Gasteiger partial charge in [0, 0.05) is 24.6 Å². The molecule has 1 fully saturated rings. The van der Waals surface area contributed by atoms with Crippen LogP contribution in [0.2, 0.25) is 0 Å². The SMILES string of the molecule is O=C(CN1CCSCC1)N/N=C\c1ccc(C(F)(F)F)cc1. The molecule has 22 heavy (non-hydrogen) atoms. The van der Waals surface area contributed by atoms with Crippen LogP contribution in [0.3, 0.4) is 0 Å². The second kappa shape index (κ2) is 7.64. The maximum absolute atomic E-state index is 12.4. The third kappa shape index (κ3) is 5.34. The second-order valence-corrected chi connectivity index (χ2v) is 6.03. The molecule has 1 N–H and O–H groups in total. The van der Waals surface area contributed by atoms with Crippen molar-refractivity contribution in [3.8, 4) is 0 Å². The van der Waals surface area contributed by atoms with Gasteiger partial charge in [-0.1, -0.05) is 12.1 Å². The molecule has 0 atom stereocenters. The molecular weight excluding hydrogens is 315 g/mol. The third-order valence-corrected chi connectivity index (χ3v) is 4.05. The fourth-order valence-corrected chi connectivity index (χ4v) is 2.91. The Morgan fingerprint density at radius 1 is 1.27 bits per heavy atom. The fraction of sp³-hybridized carbons (Fsp3) is 0.429. The van der Waals surface area contributed by atoms with Crippen LogP contribution < -0.4 is 5.43 Å². The van der Waals surface area contributed by atoms with E-state index < -0.39 is 11.7 Å². The highest BCUT2D eigenvalue weighted by molar-refractivity contribution is 7.99. The molecule has 0 radical (unpaired) electrons. The Hall–Kier alpha value is -1.54. The first-order valence-electron chi connectivity index (χ1n) is 6.74. The topological polar surface area (TPSA) is 44.7 Å². The first kappa shape index (κ1) is 16.8. The number of benzene rings is 1. The number of hydrogen-bond acceptors (Lipinski definition) is 4. The van der Waals surface area contributed by atoms with Crippen LogP contribution >= 0.6 is 11.8 Å². The number of hydrogen-bond donors (Lipinski definition) is 1. The van der Waals surface area contributed by atoms with Crippen molar-refractivity contribution >= 4 is 23.9 Å². The molecule has 1 saturated heterocycles. The zero-order chi connectivity index (χ0) is 16.0. The summed E-state index contributed by atoms with van der Waals surface area (Å²) in [5, 5.41) is 3.76. The average Bonchev–Trinajstić information content (AvgIpc) is 2.48. The van der Waals surface area contributed by atoms with Crippen LogP contribution in [0.1, 0.15) is 11.1 Å². The van der Waals surface area contributed by atoms with Crippen molar-refractivity contribution in [2.75, 3.05) is 31.1 Å². The molecule has 0 spiro atoms. The number of alkyl halides is 3. The lowest BCUT2D eigenvalue weighted by atomic mass is 10.1. The van der Waals surface area contributed by atoms with Gasteiger partial charge in [-0.2, -0.15) is 30.0 Å². The maximum Gasteiger partial charge on any atom is 0.416 e. The van der Waals surface area contributed by atoms with Gasteiger partial charge in [-0.05, 0) is 17.7 Å². The molecule has 0 aromatic heterocycles. The van der Waals surface area contributed by atoms with E-state index in [1.54, 1.807) is 0 Å². The van der Waals surface area contributed by atoms with Crippen molar-refractivity contribution in [1.82, 2.24) is 10.3 Å². The van der Waals surface area contributed by atoms with Crippen LogP contribution in [0.15, 0.2) is 29.4 Å². The van der Waals surface area contributed by atoms with Crippen molar-refractivity contribution < 1.29 is 18.0 Å². The Morgan fingerprint density at radius 3 is 2.50 bits per heavy atom. The molecule has 1 heterocycles. The number of thioether (sulfide) groups is 1. The summed E-state index contributed by atoms with van der Waals surface area (Å²) < 4.78 is 37.2. The molecule has 2 rings (SSSR count). The van der Waals surface area contributed by atoms with Gasteiger partial charge in [-0.15, -0.1) is 0 Å². The van der Waals surface area contributed by atoms with Gasteiger partial charge in [0.25, 0.3) is 5.91 Å². The molecule has 0 bridgehead atoms. The first-order chi connectivity index (χ1) is 10.4. The minimum absolute atomic E-state index is 0.227. The highest BCUT2D eigenvalue weighted by atomic mass is 32.2. The van der Waals surface area contributed by atoms with Crippen molar-refractivity contribution in [2.45, 2.75) is 6.18 Å². The van der Waals surface area contributed by atoms with Gasteiger partial charge >= 0.3 is 6.18 Å². The molecule has 0 unspecified atom stereocenters. The van der Waals surface area contributed by atoms with E-state index >= 15 is 0 Å². The Bertz CT molecular complexity index is 525. The van der Waals surface area contributed by atoms with Crippen molar-refractivity contribution in [3.63, 3.8) is 0 Å². The molecule has 1 amide bonds. The Kier molecular flexibility index (Phi) is 5.84. The summed E-state index contributed by atoms with van der Waals surface area (Å²) in [6.07, 6.45) is -3.03. The monoisotopic (exact) mass is 331 g/mol. The summed E-state index contributed by atoms with van der Waals surface area (Å²) in [6, 6.07) is 4.57. The Balaban J connectivity index is 1.80. The molecule has 0 saturated carbocycles. The number of amides is 1. The van der Waals surface area contributed by atoms with Crippen LogP contribution in [0, 0.1) is 0 Å². The highest BCUT2D eigenvalue weighted by Gasteiger charge is 2.29. The van der Waals surface area contributed by atoms with Gasteiger partial charge < -0.3 is 0 Å². The maximum atomic E-state index is 12.4. The summed E-state index contributed by atoms with van der Waals surface area (Å²) in [5.74, 6) is 1.81. The predicted molar refractivity (Wildman–Crippen MR) is 80.9 cm³/mol. The second-order valence-electron chi connectivity index (χ2n) is 4.80. The lowest BCUT2D eigenvalue weighted by molar-refractivity contribution is -0.137. The molecule has 1 aromatic rings. The van der Waals surface area contributed by atoms with Crippen molar-refractivity contribution in [3.05, 3.63) is 35.4 Å². The standard InChI is InChI=1S/C14H16F3N3OS/c15-14(16,17)12-3-1-11(2-4-12)9-18-19-13(21)10-20-5-7-22-8-6-20/h1-4,9H,5-8,10H2,(H,19,21)/b18-9-. The van der Waals surface area contributed by atoms with Gasteiger partial charge in [0.15, 0.2) is 0 Å². The predicted octanol–water partition coefficient (Wildman–Crippen LogP) is 2.20. The summed E-state index contributed by atoms with van der Waals surface area (Å²) in [7, 11) is 0. The van der Waals surface area contributed by atoms with Crippen LogP contribution in [0.25, 0.3) is 0 Å². The van der Waals surface area contributed by atoms with Gasteiger partial charge in [0.05, 0.1) is 18.3 Å². The Morgan fingerprint density at radius 2 is 1.91 bits per heavy atom. The highest BCUT2D eigenvalue weighted by Crippen LogP contribution is 2.28. The van der Waals surface area contributed by atoms with E-state index in [2.05, 4.69) is 10.5 Å². The normalized spacial score (nSPS) is 16.9. The van der Waals surface area contributed by atoms with E-state index in [0.717, 1.165) is 36.7 Å². The van der Waals surface area contributed by atoms with Crippen molar-refractivity contribution in [2.24, 2.45) is 5.10 Å².